The molecule has 2 heterocycles. The highest BCUT2D eigenvalue weighted by atomic mass is 16.2. The highest BCUT2D eigenvalue weighted by Gasteiger charge is 2.32. The summed E-state index contributed by atoms with van der Waals surface area (Å²) in [4.78, 5) is 42.3. The summed E-state index contributed by atoms with van der Waals surface area (Å²) >= 11 is 0. The number of amides is 2. The lowest BCUT2D eigenvalue weighted by Crippen LogP contribution is -2.46. The maximum absolute atomic E-state index is 13.2. The van der Waals surface area contributed by atoms with Gasteiger partial charge in [-0.15, -0.1) is 0 Å². The van der Waals surface area contributed by atoms with Gasteiger partial charge in [-0.3, -0.25) is 14.4 Å². The van der Waals surface area contributed by atoms with Crippen LogP contribution in [-0.4, -0.2) is 57.6 Å². The molecule has 6 nitrogen and oxygen atoms in total. The minimum absolute atomic E-state index is 0.00292. The number of hydrogen-bond donors (Lipinski definition) is 0. The first-order valence-corrected chi connectivity index (χ1v) is 10.7. The van der Waals surface area contributed by atoms with Crippen molar-refractivity contribution in [1.29, 1.82) is 0 Å². The summed E-state index contributed by atoms with van der Waals surface area (Å²) in [5.41, 5.74) is 1.19. The SMILES string of the molecule is CC[C@@H]1CCCCN1C(=O)C(=O)c1cn(CC(=O)N(CC)CC)c2ccccc12. The third kappa shape index (κ3) is 4.21. The molecule has 1 atom stereocenters. The van der Waals surface area contributed by atoms with Crippen molar-refractivity contribution in [2.45, 2.75) is 59.0 Å². The summed E-state index contributed by atoms with van der Waals surface area (Å²) in [5.74, 6) is -0.895. The van der Waals surface area contributed by atoms with Gasteiger partial charge in [-0.1, -0.05) is 25.1 Å². The van der Waals surface area contributed by atoms with Crippen molar-refractivity contribution in [3.63, 3.8) is 0 Å². The van der Waals surface area contributed by atoms with Gasteiger partial charge in [0.1, 0.15) is 6.54 Å². The largest absolute Gasteiger partial charge is 0.342 e. The van der Waals surface area contributed by atoms with Crippen LogP contribution in [0.25, 0.3) is 10.9 Å². The fourth-order valence-electron chi connectivity index (χ4n) is 4.32. The number of nitrogens with zero attached hydrogens (tertiary/aromatic N) is 3. The van der Waals surface area contributed by atoms with E-state index in [4.69, 9.17) is 0 Å². The van der Waals surface area contributed by atoms with Gasteiger partial charge in [0.2, 0.25) is 5.91 Å². The van der Waals surface area contributed by atoms with Crippen LogP contribution in [0.5, 0.6) is 0 Å². The van der Waals surface area contributed by atoms with Crippen molar-refractivity contribution >= 4 is 28.5 Å². The Morgan fingerprint density at radius 3 is 2.48 bits per heavy atom. The number of para-hydroxylation sites is 1. The predicted molar refractivity (Wildman–Crippen MR) is 114 cm³/mol. The van der Waals surface area contributed by atoms with E-state index in [1.54, 1.807) is 20.6 Å². The number of likely N-dealkylation sites (tertiary alicyclic amines) is 1. The van der Waals surface area contributed by atoms with Crippen molar-refractivity contribution in [2.24, 2.45) is 0 Å². The Kier molecular flexibility index (Phi) is 6.72. The number of Topliss-reactive ketones (excluding diaryl/α,β-unsaturated/α-hetero) is 1. The number of piperidine rings is 1. The fraction of sp³-hybridized carbons (Fsp3) is 0.522. The van der Waals surface area contributed by atoms with Crippen LogP contribution < -0.4 is 0 Å². The molecule has 6 heteroatoms. The number of carbonyl (C=O) groups excluding carboxylic acids is 3. The van der Waals surface area contributed by atoms with E-state index < -0.39 is 11.7 Å². The molecule has 0 aliphatic carbocycles. The van der Waals surface area contributed by atoms with Crippen molar-refractivity contribution in [1.82, 2.24) is 14.4 Å². The van der Waals surface area contributed by atoms with Crippen LogP contribution in [-0.2, 0) is 16.1 Å². The van der Waals surface area contributed by atoms with Gasteiger partial charge in [-0.25, -0.2) is 0 Å². The number of aromatic nitrogens is 1. The lowest BCUT2D eigenvalue weighted by atomic mass is 9.98. The minimum Gasteiger partial charge on any atom is -0.342 e. The molecule has 0 spiro atoms. The zero-order valence-electron chi connectivity index (χ0n) is 17.7. The Morgan fingerprint density at radius 2 is 1.79 bits per heavy atom. The highest BCUT2D eigenvalue weighted by Crippen LogP contribution is 2.25. The quantitative estimate of drug-likeness (QED) is 0.531. The zero-order valence-corrected chi connectivity index (χ0v) is 17.7. The summed E-state index contributed by atoms with van der Waals surface area (Å²) in [6, 6.07) is 7.62. The molecule has 0 radical (unpaired) electrons. The van der Waals surface area contributed by atoms with Crippen molar-refractivity contribution in [3.8, 4) is 0 Å². The predicted octanol–water partition coefficient (Wildman–Crippen LogP) is 3.48. The normalized spacial score (nSPS) is 16.8. The minimum atomic E-state index is -0.476. The second-order valence-electron chi connectivity index (χ2n) is 7.64. The van der Waals surface area contributed by atoms with Crippen LogP contribution in [0, 0.1) is 0 Å². The number of benzene rings is 1. The molecular formula is C23H31N3O3. The van der Waals surface area contributed by atoms with Crippen molar-refractivity contribution in [3.05, 3.63) is 36.0 Å². The Bertz CT molecular complexity index is 898. The number of ketones is 1. The van der Waals surface area contributed by atoms with E-state index in [2.05, 4.69) is 6.92 Å². The second-order valence-corrected chi connectivity index (χ2v) is 7.64. The van der Waals surface area contributed by atoms with E-state index in [-0.39, 0.29) is 18.5 Å². The molecule has 0 saturated carbocycles. The van der Waals surface area contributed by atoms with E-state index in [9.17, 15) is 14.4 Å². The van der Waals surface area contributed by atoms with Gasteiger partial charge in [0.05, 0.1) is 5.56 Å². The summed E-state index contributed by atoms with van der Waals surface area (Å²) in [7, 11) is 0. The summed E-state index contributed by atoms with van der Waals surface area (Å²) in [6.07, 6.45) is 5.53. The monoisotopic (exact) mass is 397 g/mol. The zero-order chi connectivity index (χ0) is 21.0. The molecule has 29 heavy (non-hydrogen) atoms. The van der Waals surface area contributed by atoms with Crippen LogP contribution in [0.15, 0.2) is 30.5 Å². The Hall–Kier alpha value is -2.63. The van der Waals surface area contributed by atoms with E-state index >= 15 is 0 Å². The average molecular weight is 398 g/mol. The van der Waals surface area contributed by atoms with Crippen molar-refractivity contribution < 1.29 is 14.4 Å². The first kappa shape index (κ1) is 21.1. The maximum Gasteiger partial charge on any atom is 0.295 e. The van der Waals surface area contributed by atoms with Crippen LogP contribution in [0.3, 0.4) is 0 Å². The summed E-state index contributed by atoms with van der Waals surface area (Å²) < 4.78 is 1.80. The van der Waals surface area contributed by atoms with Gasteiger partial charge >= 0.3 is 0 Å². The smallest absolute Gasteiger partial charge is 0.295 e. The van der Waals surface area contributed by atoms with E-state index in [0.717, 1.165) is 36.6 Å². The van der Waals surface area contributed by atoms with Crippen LogP contribution in [0.1, 0.15) is 56.8 Å². The average Bonchev–Trinajstić information content (AvgIpc) is 3.12. The number of fused-ring (bicyclic) bond motifs is 1. The molecule has 1 aromatic heterocycles. The number of carbonyl (C=O) groups is 3. The molecule has 2 amide bonds. The lowest BCUT2D eigenvalue weighted by Gasteiger charge is -2.34. The van der Waals surface area contributed by atoms with Crippen molar-refractivity contribution in [2.75, 3.05) is 19.6 Å². The Labute approximate surface area is 172 Å². The summed E-state index contributed by atoms with van der Waals surface area (Å²) in [6.45, 7) is 8.05. The highest BCUT2D eigenvalue weighted by molar-refractivity contribution is 6.45. The number of rotatable bonds is 7. The van der Waals surface area contributed by atoms with Crippen LogP contribution in [0.2, 0.25) is 0 Å². The Balaban J connectivity index is 1.92. The molecule has 1 aliphatic heterocycles. The molecule has 1 aromatic carbocycles. The lowest BCUT2D eigenvalue weighted by molar-refractivity contribution is -0.131. The maximum atomic E-state index is 13.2. The van der Waals surface area contributed by atoms with E-state index in [0.29, 0.717) is 25.2 Å². The number of hydrogen-bond acceptors (Lipinski definition) is 3. The topological polar surface area (TPSA) is 62.6 Å². The molecule has 0 unspecified atom stereocenters. The molecule has 0 N–H and O–H groups in total. The standard InChI is InChI=1S/C23H31N3O3/c1-4-17-11-9-10-14-26(17)23(29)22(28)19-15-25(16-21(27)24(5-2)6-3)20-13-8-7-12-18(19)20/h7-8,12-13,15,17H,4-6,9-11,14,16H2,1-3H3/t17-/m1/s1. The molecule has 156 valence electrons. The van der Waals surface area contributed by atoms with Crippen LogP contribution >= 0.6 is 0 Å². The third-order valence-corrected chi connectivity index (χ3v) is 6.01. The molecule has 2 aromatic rings. The van der Waals surface area contributed by atoms with Gasteiger partial charge in [-0.05, 0) is 45.6 Å². The van der Waals surface area contributed by atoms with Gasteiger partial charge in [-0.2, -0.15) is 0 Å². The molecule has 0 bridgehead atoms. The van der Waals surface area contributed by atoms with E-state index in [1.165, 1.54) is 0 Å². The number of likely N-dealkylation sites (N-methyl/N-ethyl adjacent to an activating group) is 1. The molecule has 3 rings (SSSR count). The van der Waals surface area contributed by atoms with Crippen LogP contribution in [0.4, 0.5) is 0 Å². The van der Waals surface area contributed by atoms with E-state index in [1.807, 2.05) is 38.1 Å². The third-order valence-electron chi connectivity index (χ3n) is 6.01. The molecule has 1 aliphatic rings. The fourth-order valence-corrected chi connectivity index (χ4v) is 4.32. The second kappa shape index (κ2) is 9.25. The molecule has 1 saturated heterocycles. The molecular weight excluding hydrogens is 366 g/mol. The van der Waals surface area contributed by atoms with Gasteiger partial charge in [0.25, 0.3) is 11.7 Å². The van der Waals surface area contributed by atoms with Gasteiger partial charge in [0, 0.05) is 42.8 Å². The first-order valence-electron chi connectivity index (χ1n) is 10.7. The Morgan fingerprint density at radius 1 is 1.07 bits per heavy atom. The van der Waals surface area contributed by atoms with Gasteiger partial charge < -0.3 is 14.4 Å². The molecule has 1 fully saturated rings. The first-order chi connectivity index (χ1) is 14.0. The van der Waals surface area contributed by atoms with Gasteiger partial charge in [0.15, 0.2) is 0 Å². The summed E-state index contributed by atoms with van der Waals surface area (Å²) in [5, 5.41) is 0.725.